The third-order valence-corrected chi connectivity index (χ3v) is 2.71. The van der Waals surface area contributed by atoms with Gasteiger partial charge < -0.3 is 5.32 Å². The van der Waals surface area contributed by atoms with Crippen LogP contribution in [0.15, 0.2) is 11.2 Å². The van der Waals surface area contributed by atoms with Crippen molar-refractivity contribution in [1.82, 2.24) is 14.8 Å². The quantitative estimate of drug-likeness (QED) is 0.817. The average molecular weight is 249 g/mol. The van der Waals surface area contributed by atoms with Gasteiger partial charge in [0.25, 0.3) is 5.91 Å². The highest BCUT2D eigenvalue weighted by molar-refractivity contribution is 6.43. The second-order valence-corrected chi connectivity index (χ2v) is 4.21. The average Bonchev–Trinajstić information content (AvgIpc) is 2.61. The van der Waals surface area contributed by atoms with Gasteiger partial charge in [-0.05, 0) is 6.92 Å². The number of aromatic nitrogens is 2. The van der Waals surface area contributed by atoms with Gasteiger partial charge in [-0.3, -0.25) is 14.3 Å². The van der Waals surface area contributed by atoms with Crippen LogP contribution in [0.1, 0.15) is 18.5 Å². The lowest BCUT2D eigenvalue weighted by atomic mass is 10.1. The molecule has 1 aromatic rings. The Hall–Kier alpha value is -2.18. The fraction of sp³-hybridized carbons (Fsp3) is 0.455. The van der Waals surface area contributed by atoms with Gasteiger partial charge in [0.15, 0.2) is 0 Å². The number of rotatable bonds is 2. The molecule has 18 heavy (non-hydrogen) atoms. The van der Waals surface area contributed by atoms with Gasteiger partial charge in [0.1, 0.15) is 11.5 Å². The van der Waals surface area contributed by atoms with Crippen molar-refractivity contribution in [2.75, 3.05) is 12.4 Å². The Kier molecular flexibility index (Phi) is 3.14. The summed E-state index contributed by atoms with van der Waals surface area (Å²) in [4.78, 5) is 23.2. The Morgan fingerprint density at radius 1 is 1.39 bits per heavy atom. The van der Waals surface area contributed by atoms with Crippen LogP contribution >= 0.6 is 0 Å². The van der Waals surface area contributed by atoms with Crippen molar-refractivity contribution in [3.05, 3.63) is 11.8 Å². The maximum atomic E-state index is 12.0. The molecule has 2 rings (SSSR count). The summed E-state index contributed by atoms with van der Waals surface area (Å²) in [5, 5.41) is 12.0. The van der Waals surface area contributed by atoms with E-state index in [0.717, 1.165) is 5.69 Å². The van der Waals surface area contributed by atoms with E-state index in [0.29, 0.717) is 24.4 Å². The summed E-state index contributed by atoms with van der Waals surface area (Å²) in [7, 11) is 3.30. The van der Waals surface area contributed by atoms with Crippen LogP contribution in [0.2, 0.25) is 0 Å². The maximum Gasteiger partial charge on any atom is 0.273 e. The number of anilines is 1. The Balaban J connectivity index is 2.11. The number of amides is 2. The van der Waals surface area contributed by atoms with Crippen molar-refractivity contribution >= 4 is 23.3 Å². The first-order chi connectivity index (χ1) is 8.47. The number of carbonyl (C=O) groups is 2. The first kappa shape index (κ1) is 12.3. The minimum atomic E-state index is -0.294. The van der Waals surface area contributed by atoms with E-state index < -0.39 is 0 Å². The van der Waals surface area contributed by atoms with Gasteiger partial charge in [-0.15, -0.1) is 0 Å². The predicted molar refractivity (Wildman–Crippen MR) is 66.0 cm³/mol. The van der Waals surface area contributed by atoms with Crippen LogP contribution in [-0.2, 0) is 16.6 Å². The van der Waals surface area contributed by atoms with Gasteiger partial charge in [-0.25, -0.2) is 5.01 Å². The highest BCUT2D eigenvalue weighted by Crippen LogP contribution is 2.11. The molecule has 0 aliphatic carbocycles. The lowest BCUT2D eigenvalue weighted by Gasteiger charge is -2.18. The molecule has 0 saturated heterocycles. The molecule has 0 spiro atoms. The van der Waals surface area contributed by atoms with Crippen LogP contribution in [0.25, 0.3) is 0 Å². The number of hydrogen-bond donors (Lipinski definition) is 1. The minimum absolute atomic E-state index is 0.0806. The van der Waals surface area contributed by atoms with E-state index >= 15 is 0 Å². The number of nitrogens with one attached hydrogen (secondary N) is 1. The molecular formula is C11H15N5O2. The monoisotopic (exact) mass is 249 g/mol. The van der Waals surface area contributed by atoms with Gasteiger partial charge >= 0.3 is 0 Å². The molecule has 2 amide bonds. The zero-order valence-electron chi connectivity index (χ0n) is 10.6. The number of aryl methyl sites for hydroxylation is 2. The molecule has 7 nitrogen and oxygen atoms in total. The van der Waals surface area contributed by atoms with Crippen molar-refractivity contribution in [1.29, 1.82) is 0 Å². The van der Waals surface area contributed by atoms with Gasteiger partial charge in [-0.2, -0.15) is 10.2 Å². The van der Waals surface area contributed by atoms with Gasteiger partial charge in [0, 0.05) is 33.0 Å². The highest BCUT2D eigenvalue weighted by atomic mass is 16.2. The molecule has 0 aromatic carbocycles. The van der Waals surface area contributed by atoms with E-state index in [4.69, 9.17) is 0 Å². The number of nitrogens with zero attached hydrogens (tertiary/aromatic N) is 4. The van der Waals surface area contributed by atoms with E-state index in [1.165, 1.54) is 5.01 Å². The zero-order valence-corrected chi connectivity index (χ0v) is 10.6. The van der Waals surface area contributed by atoms with Crippen LogP contribution in [0.4, 0.5) is 5.82 Å². The van der Waals surface area contributed by atoms with Crippen molar-refractivity contribution in [3.8, 4) is 0 Å². The lowest BCUT2D eigenvalue weighted by molar-refractivity contribution is -0.130. The maximum absolute atomic E-state index is 12.0. The molecule has 1 aliphatic heterocycles. The summed E-state index contributed by atoms with van der Waals surface area (Å²) in [6, 6.07) is 1.77. The first-order valence-corrected chi connectivity index (χ1v) is 5.63. The molecule has 7 heteroatoms. The van der Waals surface area contributed by atoms with Crippen molar-refractivity contribution in [3.63, 3.8) is 0 Å². The van der Waals surface area contributed by atoms with Crippen molar-refractivity contribution < 1.29 is 9.59 Å². The minimum Gasteiger partial charge on any atom is -0.306 e. The lowest BCUT2D eigenvalue weighted by Crippen LogP contribution is -2.34. The normalized spacial score (nSPS) is 15.6. The fourth-order valence-corrected chi connectivity index (χ4v) is 1.75. The van der Waals surface area contributed by atoms with Crippen LogP contribution < -0.4 is 5.32 Å². The Bertz CT molecular complexity index is 532. The van der Waals surface area contributed by atoms with E-state index in [1.54, 1.807) is 24.8 Å². The van der Waals surface area contributed by atoms with E-state index in [-0.39, 0.29) is 11.8 Å². The molecule has 96 valence electrons. The molecule has 0 saturated carbocycles. The van der Waals surface area contributed by atoms with Gasteiger partial charge in [0.05, 0.1) is 5.69 Å². The number of hydrazone groups is 1. The van der Waals surface area contributed by atoms with Gasteiger partial charge in [0.2, 0.25) is 5.91 Å². The Labute approximate surface area is 104 Å². The van der Waals surface area contributed by atoms with E-state index in [1.807, 2.05) is 6.92 Å². The molecule has 0 unspecified atom stereocenters. The summed E-state index contributed by atoms with van der Waals surface area (Å²) in [5.41, 5.74) is 1.18. The molecule has 2 heterocycles. The fourth-order valence-electron chi connectivity index (χ4n) is 1.75. The predicted octanol–water partition coefficient (Wildman–Crippen LogP) is 0.275. The summed E-state index contributed by atoms with van der Waals surface area (Å²) >= 11 is 0. The van der Waals surface area contributed by atoms with Crippen LogP contribution in [-0.4, -0.2) is 39.4 Å². The third kappa shape index (κ3) is 2.39. The molecule has 1 aliphatic rings. The summed E-state index contributed by atoms with van der Waals surface area (Å²) in [6.45, 7) is 1.85. The standard InChI is InChI=1S/C11H15N5O2/c1-7-6-9(15(2)13-7)12-11(18)8-4-5-10(17)16(3)14-8/h6H,4-5H2,1-3H3,(H,12,18). The van der Waals surface area contributed by atoms with Crippen molar-refractivity contribution in [2.45, 2.75) is 19.8 Å². The molecule has 0 bridgehead atoms. The first-order valence-electron chi connectivity index (χ1n) is 5.63. The summed E-state index contributed by atoms with van der Waals surface area (Å²) < 4.78 is 1.59. The summed E-state index contributed by atoms with van der Waals surface area (Å²) in [6.07, 6.45) is 0.680. The number of hydrogen-bond acceptors (Lipinski definition) is 4. The van der Waals surface area contributed by atoms with Crippen LogP contribution in [0.5, 0.6) is 0 Å². The van der Waals surface area contributed by atoms with E-state index in [9.17, 15) is 9.59 Å². The van der Waals surface area contributed by atoms with Crippen LogP contribution in [0, 0.1) is 6.92 Å². The molecule has 1 N–H and O–H groups in total. The third-order valence-electron chi connectivity index (χ3n) is 2.71. The SMILES string of the molecule is Cc1cc(NC(=O)C2=NN(C)C(=O)CC2)n(C)n1. The molecule has 0 atom stereocenters. The zero-order chi connectivity index (χ0) is 13.3. The molecule has 0 radical (unpaired) electrons. The second-order valence-electron chi connectivity index (χ2n) is 4.21. The number of carbonyl (C=O) groups excluding carboxylic acids is 2. The second kappa shape index (κ2) is 4.59. The Morgan fingerprint density at radius 3 is 2.67 bits per heavy atom. The summed E-state index contributed by atoms with van der Waals surface area (Å²) in [5.74, 6) is 0.236. The van der Waals surface area contributed by atoms with Crippen molar-refractivity contribution in [2.24, 2.45) is 12.1 Å². The molecule has 1 aromatic heterocycles. The van der Waals surface area contributed by atoms with Crippen LogP contribution in [0.3, 0.4) is 0 Å². The largest absolute Gasteiger partial charge is 0.306 e. The molecule has 0 fully saturated rings. The smallest absolute Gasteiger partial charge is 0.273 e. The van der Waals surface area contributed by atoms with Gasteiger partial charge in [-0.1, -0.05) is 0 Å². The Morgan fingerprint density at radius 2 is 2.11 bits per heavy atom. The van der Waals surface area contributed by atoms with E-state index in [2.05, 4.69) is 15.5 Å². The molecular weight excluding hydrogens is 234 g/mol. The highest BCUT2D eigenvalue weighted by Gasteiger charge is 2.22. The topological polar surface area (TPSA) is 79.6 Å².